The number of phenols is 8. The normalized spacial score (nSPS) is 25.7. The van der Waals surface area contributed by atoms with E-state index in [1.165, 1.54) is 85.4 Å². The summed E-state index contributed by atoms with van der Waals surface area (Å²) in [6.07, 6.45) is 29.9. The van der Waals surface area contributed by atoms with Crippen LogP contribution in [0, 0.1) is 35.5 Å². The lowest BCUT2D eigenvalue weighted by molar-refractivity contribution is -0.125. The van der Waals surface area contributed by atoms with E-state index in [-0.39, 0.29) is 133 Å². The lowest BCUT2D eigenvalue weighted by Crippen LogP contribution is -2.47. The van der Waals surface area contributed by atoms with E-state index in [0.29, 0.717) is 134 Å². The quantitative estimate of drug-likeness (QED) is 0.0293. The van der Waals surface area contributed by atoms with Crippen molar-refractivity contribution in [2.45, 2.75) is 360 Å². The van der Waals surface area contributed by atoms with Crippen LogP contribution in [0.5, 0.6) is 92.0 Å². The van der Waals surface area contributed by atoms with Gasteiger partial charge in [-0.2, -0.15) is 0 Å². The molecule has 21 nitrogen and oxygen atoms in total. The molecule has 0 saturated heterocycles. The van der Waals surface area contributed by atoms with Crippen molar-refractivity contribution in [3.63, 3.8) is 0 Å². The number of carbonyl (C=O) groups excluding carboxylic acids is 3. The highest BCUT2D eigenvalue weighted by Crippen LogP contribution is 2.62. The Morgan fingerprint density at radius 1 is 0.343 bits per heavy atom. The molecule has 6 aliphatic heterocycles. The maximum atomic E-state index is 12.1. The van der Waals surface area contributed by atoms with Gasteiger partial charge in [0.1, 0.15) is 156 Å². The molecule has 0 aromatic heterocycles. The van der Waals surface area contributed by atoms with Crippen LogP contribution in [-0.2, 0) is 35.7 Å². The van der Waals surface area contributed by atoms with E-state index < -0.39 is 5.60 Å². The number of ether oxygens (including phenoxy) is 10. The van der Waals surface area contributed by atoms with Gasteiger partial charge in [0.05, 0.1) is 13.2 Å². The molecule has 3 saturated carbocycles. The van der Waals surface area contributed by atoms with Gasteiger partial charge in [-0.05, 0) is 222 Å². The first kappa shape index (κ1) is 102. The second-order valence-corrected chi connectivity index (χ2v) is 44.0. The number of rotatable bonds is 18. The molecule has 0 amide bonds. The van der Waals surface area contributed by atoms with E-state index in [1.54, 1.807) is 32.4 Å². The van der Waals surface area contributed by atoms with E-state index >= 15 is 0 Å². The van der Waals surface area contributed by atoms with Crippen LogP contribution < -0.4 is 37.9 Å². The minimum absolute atomic E-state index is 0.00696. The minimum Gasteiger partial charge on any atom is -0.508 e. The van der Waals surface area contributed by atoms with Gasteiger partial charge >= 0.3 is 0 Å². The standard InChI is InChI=1S/C24H36O3.C21H30O2.C19H26O4.C18H24O5.C16H20O3.C15H18O4/c1-6-7-8-9-12-23(2,3)16-13-20(26)22-18-15-17(25)10-11-19(18)24(4,5)27-21(22)14-16;1-5-6-7-8-15-12-18(22)20-16-11-14(2)9-10-17(16)21(3,4)23-19(20)13-15;1-12-5-6-15-14(9-12)18-16(20)10-13(22-8-7-21-4)11-17(18)23-19(15,2)3;1-18(2)14-5-4-11(19)8-13(14)17-15(20)9-12(10-16(17)23-18)22-7-6-21-3;1-9-4-5-12-11(6-9)15-13(18)7-10(17)8-14(15)19-16(12,2)3;1-15(2)11-4-3-8(16)5-10(11)14-12(18)6-9(17)7-13(14)19-15/h13-14,18-19,26H,6-12,15H2,1-5H3;11-13,16-17,22H,5-10H2,1-4H3;9-11,14-15,20H,5-8H2,1-4H3;9-10,13-14,20H,4-8H2,1-3H3;6-8,11-12,17-18H,4-5H2,1-3H3;6-7,10-11,17-18H,3-5H2,1-2H3/t18-,19-;16-,17-;14-,15-;13-,14-;11-,12-;10-,11-/m111111/s1. The number of ketones is 3. The van der Waals surface area contributed by atoms with Crippen LogP contribution in [0.3, 0.4) is 0 Å². The third-order valence-corrected chi connectivity index (χ3v) is 31.3. The third kappa shape index (κ3) is 22.6. The van der Waals surface area contributed by atoms with E-state index in [1.807, 2.05) is 38.1 Å². The molecule has 21 heteroatoms. The molecule has 732 valence electrons. The summed E-state index contributed by atoms with van der Waals surface area (Å²) in [6.45, 7) is 42.5. The molecule has 6 aromatic rings. The molecule has 134 heavy (non-hydrogen) atoms. The third-order valence-electron chi connectivity index (χ3n) is 31.3. The summed E-state index contributed by atoms with van der Waals surface area (Å²) in [5, 5.41) is 82.1. The van der Waals surface area contributed by atoms with Crippen molar-refractivity contribution in [1.29, 1.82) is 0 Å². The van der Waals surface area contributed by atoms with E-state index in [9.17, 15) is 55.2 Å². The number of benzene rings is 6. The van der Waals surface area contributed by atoms with Crippen LogP contribution in [0.25, 0.3) is 0 Å². The van der Waals surface area contributed by atoms with Crippen LogP contribution in [0.15, 0.2) is 108 Å². The summed E-state index contributed by atoms with van der Waals surface area (Å²) in [4.78, 5) is 35.8. The lowest BCUT2D eigenvalue weighted by atomic mass is 9.66. The summed E-state index contributed by atoms with van der Waals surface area (Å²) in [5.74, 6) is 10.1. The molecular formula is C113H154O21. The van der Waals surface area contributed by atoms with Gasteiger partial charge in [-0.25, -0.2) is 0 Å². The molecule has 0 radical (unpaired) electrons. The van der Waals surface area contributed by atoms with E-state index in [4.69, 9.17) is 47.4 Å². The smallest absolute Gasteiger partial charge is 0.133 e. The first-order valence-electron chi connectivity index (χ1n) is 49.7. The van der Waals surface area contributed by atoms with Crippen molar-refractivity contribution in [2.24, 2.45) is 35.5 Å². The molecule has 6 aliphatic carbocycles. The Bertz CT molecular complexity index is 5210. The molecule has 8 N–H and O–H groups in total. The number of Topliss-reactive ketones (excluding diaryl/α,β-unsaturated/α-hetero) is 3. The molecule has 6 aromatic carbocycles. The topological polar surface area (TPSA) is 305 Å². The van der Waals surface area contributed by atoms with Crippen LogP contribution in [0.1, 0.15) is 359 Å². The van der Waals surface area contributed by atoms with Crippen molar-refractivity contribution in [3.8, 4) is 92.0 Å². The number of unbranched alkanes of at least 4 members (excludes halogenated alkanes) is 5. The van der Waals surface area contributed by atoms with Crippen molar-refractivity contribution >= 4 is 17.3 Å². The molecule has 3 fully saturated rings. The van der Waals surface area contributed by atoms with Crippen molar-refractivity contribution < 1.29 is 103 Å². The molecule has 6 heterocycles. The highest BCUT2D eigenvalue weighted by Gasteiger charge is 2.54. The monoisotopic (exact) mass is 1850 g/mol. The van der Waals surface area contributed by atoms with Gasteiger partial charge < -0.3 is 88.2 Å². The van der Waals surface area contributed by atoms with Gasteiger partial charge in [-0.1, -0.05) is 101 Å². The Morgan fingerprint density at radius 3 is 1.04 bits per heavy atom. The second kappa shape index (κ2) is 41.3. The largest absolute Gasteiger partial charge is 0.508 e. The zero-order valence-electron chi connectivity index (χ0n) is 83.8. The average Bonchev–Trinajstić information content (AvgIpc) is 0.754. The van der Waals surface area contributed by atoms with Gasteiger partial charge in [0.25, 0.3) is 0 Å². The van der Waals surface area contributed by atoms with Gasteiger partial charge in [0, 0.05) is 206 Å². The fourth-order valence-corrected chi connectivity index (χ4v) is 24.2. The fraction of sp³-hybridized carbons (Fsp3) is 0.602. The summed E-state index contributed by atoms with van der Waals surface area (Å²) < 4.78 is 58.4. The predicted molar refractivity (Wildman–Crippen MR) is 523 cm³/mol. The highest BCUT2D eigenvalue weighted by molar-refractivity contribution is 5.82. The minimum atomic E-state index is -0.390. The Morgan fingerprint density at radius 2 is 0.649 bits per heavy atom. The number of allylic oxidation sites excluding steroid dienone is 6. The number of hydrogen-bond acceptors (Lipinski definition) is 21. The summed E-state index contributed by atoms with van der Waals surface area (Å²) in [7, 11) is 3.25. The number of aromatic hydroxyl groups is 8. The second-order valence-electron chi connectivity index (χ2n) is 44.0. The predicted octanol–water partition coefficient (Wildman–Crippen LogP) is 25.5. The van der Waals surface area contributed by atoms with Crippen LogP contribution >= 0.6 is 0 Å². The van der Waals surface area contributed by atoms with E-state index in [0.717, 1.165) is 121 Å². The lowest BCUT2D eigenvalue weighted by Gasteiger charge is -2.47. The Kier molecular flexibility index (Phi) is 31.3. The highest BCUT2D eigenvalue weighted by atomic mass is 16.5. The van der Waals surface area contributed by atoms with Gasteiger partial charge in [-0.15, -0.1) is 0 Å². The Labute approximate surface area is 796 Å². The Hall–Kier alpha value is -9.73. The van der Waals surface area contributed by atoms with E-state index in [2.05, 4.69) is 148 Å². The van der Waals surface area contributed by atoms with Crippen molar-refractivity contribution in [3.05, 3.63) is 152 Å². The van der Waals surface area contributed by atoms with Crippen LogP contribution in [-0.4, -0.2) is 132 Å². The fourth-order valence-electron chi connectivity index (χ4n) is 24.2. The number of hydrogen-bond donors (Lipinski definition) is 8. The Balaban J connectivity index is 0.000000137. The van der Waals surface area contributed by atoms with Crippen molar-refractivity contribution in [1.82, 2.24) is 0 Å². The van der Waals surface area contributed by atoms with Gasteiger partial charge in [0.15, 0.2) is 0 Å². The maximum Gasteiger partial charge on any atom is 0.133 e. The maximum absolute atomic E-state index is 12.1. The molecule has 12 aliphatic rings. The number of aryl methyl sites for hydroxylation is 1. The molecule has 18 rings (SSSR count). The zero-order chi connectivity index (χ0) is 97.2. The van der Waals surface area contributed by atoms with Crippen LogP contribution in [0.2, 0.25) is 0 Å². The molecule has 0 bridgehead atoms. The summed E-state index contributed by atoms with van der Waals surface area (Å²) in [6, 6.07) is 21.0. The number of methoxy groups -OCH3 is 2. The van der Waals surface area contributed by atoms with Gasteiger partial charge in [0.2, 0.25) is 0 Å². The number of carbonyl (C=O) groups is 3. The molecule has 0 unspecified atom stereocenters. The first-order chi connectivity index (χ1) is 63.2. The number of fused-ring (bicyclic) bond motifs is 18. The molecule has 12 atom stereocenters. The van der Waals surface area contributed by atoms with Crippen LogP contribution in [0.4, 0.5) is 0 Å². The molecular weight excluding hydrogens is 1690 g/mol. The van der Waals surface area contributed by atoms with Gasteiger partial charge in [-0.3, -0.25) is 14.4 Å². The first-order valence-corrected chi connectivity index (χ1v) is 49.7. The average molecular weight is 1850 g/mol. The number of phenolic OH excluding ortho intramolecular Hbond substituents is 8. The summed E-state index contributed by atoms with van der Waals surface area (Å²) >= 11 is 0. The van der Waals surface area contributed by atoms with Crippen molar-refractivity contribution in [2.75, 3.05) is 40.6 Å². The SMILES string of the molecule is CC1(C)Oc2cc(O)cc(O)c2[C@@H]2CC(=O)CC[C@H]21.CC1=C[C@H]2c3c(O)cc(O)cc3OC(C)(C)[C@@H]2CC1.CCCCCCC(C)(C)c1cc(O)c2c(c1)OC(C)(C)[C@@H]1CCC(=O)C[C@@H]21.CCCCCc1cc(O)c2c(c1)OC(C)(C)[C@@H]1CCC(C)=C[C@@H]21.COCCOc1cc(O)c2c(c1)OC(C)(C)[C@@H]1CCC(=O)C[C@@H]21.COCCOc1cc(O)c2c(c1)OC(C)(C)[C@@H]1CCC(C)=C[C@@H]21. The molecule has 0 spiro atoms. The zero-order valence-corrected chi connectivity index (χ0v) is 83.8. The summed E-state index contributed by atoms with van der Waals surface area (Å²) in [5.41, 5.74) is 9.72.